The van der Waals surface area contributed by atoms with Crippen molar-refractivity contribution in [3.05, 3.63) is 35.0 Å². The Kier molecular flexibility index (Phi) is 4.04. The first-order valence-corrected chi connectivity index (χ1v) is 7.20. The van der Waals surface area contributed by atoms with Crippen LogP contribution in [0, 0.1) is 0 Å². The summed E-state index contributed by atoms with van der Waals surface area (Å²) in [6.45, 7) is 6.27. The van der Waals surface area contributed by atoms with Gasteiger partial charge in [-0.15, -0.1) is 11.3 Å². The Morgan fingerprint density at radius 3 is 2.60 bits per heavy atom. The predicted molar refractivity (Wildman–Crippen MR) is 82.6 cm³/mol. The molecule has 1 amide bonds. The summed E-state index contributed by atoms with van der Waals surface area (Å²) in [7, 11) is 1.76. The average molecular weight is 290 g/mol. The number of rotatable bonds is 3. The summed E-state index contributed by atoms with van der Waals surface area (Å²) in [5, 5.41) is 8.25. The first-order valence-electron chi connectivity index (χ1n) is 6.32. The first kappa shape index (κ1) is 14.5. The lowest BCUT2D eigenvalue weighted by molar-refractivity contribution is 0.102. The molecule has 0 spiro atoms. The van der Waals surface area contributed by atoms with Crippen LogP contribution in [0.3, 0.4) is 0 Å². The second-order valence-corrected chi connectivity index (χ2v) is 6.26. The molecule has 2 rings (SSSR count). The Labute approximate surface area is 122 Å². The Morgan fingerprint density at radius 2 is 2.00 bits per heavy atom. The van der Waals surface area contributed by atoms with Crippen LogP contribution in [-0.4, -0.2) is 22.9 Å². The highest BCUT2D eigenvalue weighted by atomic mass is 32.1. The standard InChI is InChI=1S/C14H18N4OS/c1-14(2,3)10-8-20-13(17-10)18-12(19)9-6-5-7-11(15-4)16-9/h5-8H,1-4H3,(H,15,16)(H,17,18,19). The van der Waals surface area contributed by atoms with Crippen molar-refractivity contribution in [3.8, 4) is 0 Å². The number of thiazole rings is 1. The molecule has 5 nitrogen and oxygen atoms in total. The van der Waals surface area contributed by atoms with Crippen molar-refractivity contribution in [3.63, 3.8) is 0 Å². The third kappa shape index (κ3) is 3.33. The molecule has 0 aromatic carbocycles. The monoisotopic (exact) mass is 290 g/mol. The van der Waals surface area contributed by atoms with Crippen LogP contribution >= 0.6 is 11.3 Å². The highest BCUT2D eigenvalue weighted by Crippen LogP contribution is 2.26. The Morgan fingerprint density at radius 1 is 1.25 bits per heavy atom. The molecule has 0 atom stereocenters. The number of pyridine rings is 1. The fraction of sp³-hybridized carbons (Fsp3) is 0.357. The van der Waals surface area contributed by atoms with E-state index < -0.39 is 0 Å². The van der Waals surface area contributed by atoms with Gasteiger partial charge in [0.05, 0.1) is 5.69 Å². The highest BCUT2D eigenvalue weighted by Gasteiger charge is 2.18. The van der Waals surface area contributed by atoms with Gasteiger partial charge in [-0.1, -0.05) is 26.8 Å². The van der Waals surface area contributed by atoms with Gasteiger partial charge in [0.1, 0.15) is 11.5 Å². The van der Waals surface area contributed by atoms with E-state index in [0.717, 1.165) is 5.69 Å². The molecule has 2 N–H and O–H groups in total. The van der Waals surface area contributed by atoms with E-state index in [1.54, 1.807) is 25.2 Å². The number of carbonyl (C=O) groups excluding carboxylic acids is 1. The van der Waals surface area contributed by atoms with E-state index in [2.05, 4.69) is 41.4 Å². The van der Waals surface area contributed by atoms with Crippen molar-refractivity contribution >= 4 is 28.2 Å². The normalized spacial score (nSPS) is 11.2. The molecule has 0 aliphatic rings. The van der Waals surface area contributed by atoms with Crippen molar-refractivity contribution in [2.45, 2.75) is 26.2 Å². The molecule has 2 heterocycles. The van der Waals surface area contributed by atoms with Gasteiger partial charge >= 0.3 is 0 Å². The number of anilines is 2. The van der Waals surface area contributed by atoms with Gasteiger partial charge in [0.15, 0.2) is 5.13 Å². The predicted octanol–water partition coefficient (Wildman–Crippen LogP) is 3.13. The summed E-state index contributed by atoms with van der Waals surface area (Å²) in [4.78, 5) is 20.7. The third-order valence-corrected chi connectivity index (χ3v) is 3.49. The molecule has 0 saturated carbocycles. The zero-order valence-corrected chi connectivity index (χ0v) is 12.8. The van der Waals surface area contributed by atoms with Gasteiger partial charge in [0.25, 0.3) is 5.91 Å². The van der Waals surface area contributed by atoms with Gasteiger partial charge in [-0.2, -0.15) is 0 Å². The minimum absolute atomic E-state index is 0.0240. The summed E-state index contributed by atoms with van der Waals surface area (Å²) in [5.74, 6) is 0.407. The van der Waals surface area contributed by atoms with Crippen LogP contribution in [0.2, 0.25) is 0 Å². The summed E-state index contributed by atoms with van der Waals surface area (Å²) >= 11 is 1.42. The van der Waals surface area contributed by atoms with Gasteiger partial charge < -0.3 is 5.32 Å². The summed E-state index contributed by atoms with van der Waals surface area (Å²) in [6, 6.07) is 5.27. The SMILES string of the molecule is CNc1cccc(C(=O)Nc2nc(C(C)(C)C)cs2)n1. The zero-order chi connectivity index (χ0) is 14.8. The van der Waals surface area contributed by atoms with Crippen LogP contribution < -0.4 is 10.6 Å². The fourth-order valence-corrected chi connectivity index (χ4v) is 2.47. The molecule has 0 aliphatic carbocycles. The second kappa shape index (κ2) is 5.58. The number of hydrogen-bond donors (Lipinski definition) is 2. The van der Waals surface area contributed by atoms with Crippen LogP contribution in [0.1, 0.15) is 37.0 Å². The largest absolute Gasteiger partial charge is 0.373 e. The van der Waals surface area contributed by atoms with Gasteiger partial charge in [0.2, 0.25) is 0 Å². The van der Waals surface area contributed by atoms with Gasteiger partial charge in [-0.3, -0.25) is 10.1 Å². The number of carbonyl (C=O) groups is 1. The minimum atomic E-state index is -0.253. The lowest BCUT2D eigenvalue weighted by Crippen LogP contribution is -2.15. The molecular formula is C14H18N4OS. The quantitative estimate of drug-likeness (QED) is 0.911. The van der Waals surface area contributed by atoms with Gasteiger partial charge in [-0.05, 0) is 12.1 Å². The Bertz CT molecular complexity index is 616. The van der Waals surface area contributed by atoms with Crippen LogP contribution in [0.25, 0.3) is 0 Å². The zero-order valence-electron chi connectivity index (χ0n) is 12.0. The van der Waals surface area contributed by atoms with Crippen LogP contribution in [0.15, 0.2) is 23.6 Å². The minimum Gasteiger partial charge on any atom is -0.373 e. The molecule has 0 bridgehead atoms. The van der Waals surface area contributed by atoms with E-state index in [-0.39, 0.29) is 11.3 Å². The average Bonchev–Trinajstić information content (AvgIpc) is 2.87. The van der Waals surface area contributed by atoms with Crippen molar-refractivity contribution in [2.75, 3.05) is 17.7 Å². The van der Waals surface area contributed by atoms with E-state index >= 15 is 0 Å². The van der Waals surface area contributed by atoms with Crippen molar-refractivity contribution in [2.24, 2.45) is 0 Å². The smallest absolute Gasteiger partial charge is 0.276 e. The molecule has 20 heavy (non-hydrogen) atoms. The Balaban J connectivity index is 2.13. The number of nitrogens with one attached hydrogen (secondary N) is 2. The summed E-state index contributed by atoms with van der Waals surface area (Å²) < 4.78 is 0. The lowest BCUT2D eigenvalue weighted by atomic mass is 9.93. The number of amides is 1. The molecule has 0 radical (unpaired) electrons. The Hall–Kier alpha value is -1.95. The fourth-order valence-electron chi connectivity index (χ4n) is 1.54. The van der Waals surface area contributed by atoms with E-state index in [1.807, 2.05) is 5.38 Å². The maximum atomic E-state index is 12.1. The van der Waals surface area contributed by atoms with E-state index in [0.29, 0.717) is 16.6 Å². The number of aromatic nitrogens is 2. The molecule has 106 valence electrons. The van der Waals surface area contributed by atoms with E-state index in [4.69, 9.17) is 0 Å². The summed E-state index contributed by atoms with van der Waals surface area (Å²) in [5.41, 5.74) is 1.31. The molecule has 0 saturated heterocycles. The van der Waals surface area contributed by atoms with Gasteiger partial charge in [0, 0.05) is 17.8 Å². The molecule has 2 aromatic heterocycles. The van der Waals surface area contributed by atoms with Crippen molar-refractivity contribution in [1.29, 1.82) is 0 Å². The topological polar surface area (TPSA) is 66.9 Å². The molecular weight excluding hydrogens is 272 g/mol. The molecule has 0 unspecified atom stereocenters. The lowest BCUT2D eigenvalue weighted by Gasteiger charge is -2.14. The maximum Gasteiger partial charge on any atom is 0.276 e. The number of nitrogens with zero attached hydrogens (tertiary/aromatic N) is 2. The third-order valence-electron chi connectivity index (χ3n) is 2.73. The van der Waals surface area contributed by atoms with Gasteiger partial charge in [-0.25, -0.2) is 9.97 Å². The summed E-state index contributed by atoms with van der Waals surface area (Å²) in [6.07, 6.45) is 0. The van der Waals surface area contributed by atoms with Crippen molar-refractivity contribution < 1.29 is 4.79 Å². The van der Waals surface area contributed by atoms with Crippen LogP contribution in [0.5, 0.6) is 0 Å². The van der Waals surface area contributed by atoms with Crippen LogP contribution in [0.4, 0.5) is 10.9 Å². The maximum absolute atomic E-state index is 12.1. The highest BCUT2D eigenvalue weighted by molar-refractivity contribution is 7.14. The van der Waals surface area contributed by atoms with Crippen molar-refractivity contribution in [1.82, 2.24) is 9.97 Å². The first-order chi connectivity index (χ1) is 9.40. The molecule has 0 fully saturated rings. The molecule has 6 heteroatoms. The van der Waals surface area contributed by atoms with E-state index in [9.17, 15) is 4.79 Å². The molecule has 2 aromatic rings. The van der Waals surface area contributed by atoms with Crippen LogP contribution in [-0.2, 0) is 5.41 Å². The molecule has 0 aliphatic heterocycles. The number of hydrogen-bond acceptors (Lipinski definition) is 5. The second-order valence-electron chi connectivity index (χ2n) is 5.40. The van der Waals surface area contributed by atoms with E-state index in [1.165, 1.54) is 11.3 Å².